The van der Waals surface area contributed by atoms with Crippen LogP contribution in [-0.4, -0.2) is 55.6 Å². The van der Waals surface area contributed by atoms with Gasteiger partial charge in [-0.05, 0) is 36.2 Å². The monoisotopic (exact) mass is 594 g/mol. The second-order valence-electron chi connectivity index (χ2n) is 9.30. The lowest BCUT2D eigenvalue weighted by molar-refractivity contribution is -0.141. The first-order valence-electron chi connectivity index (χ1n) is 12.0. The maximum absolute atomic E-state index is 13.7. The Labute approximate surface area is 234 Å². The highest BCUT2D eigenvalue weighted by Crippen LogP contribution is 2.35. The fourth-order valence-corrected chi connectivity index (χ4v) is 5.32. The van der Waals surface area contributed by atoms with E-state index in [-0.39, 0.29) is 36.0 Å². The van der Waals surface area contributed by atoms with Gasteiger partial charge in [0, 0.05) is 50.1 Å². The molecule has 3 heterocycles. The third-order valence-electron chi connectivity index (χ3n) is 6.76. The zero-order valence-corrected chi connectivity index (χ0v) is 22.2. The molecule has 1 aliphatic rings. The number of amides is 2. The summed E-state index contributed by atoms with van der Waals surface area (Å²) in [5.74, 6) is -2.48. The van der Waals surface area contributed by atoms with Gasteiger partial charge in [0.2, 0.25) is 0 Å². The van der Waals surface area contributed by atoms with Gasteiger partial charge in [0.05, 0.1) is 10.5 Å². The summed E-state index contributed by atoms with van der Waals surface area (Å²) in [7, 11) is 1.20. The molecule has 1 fully saturated rings. The SMILES string of the molecule is Cn1nc(C(F)(F)F)c(C(=O)N[C@@H]2CCN(C(=O)c3cc(Cl)c4nccnc4c3)C[C@@H]2c2ccc(F)cc2)c1Cl. The Hall–Kier alpha value is -3.77. The van der Waals surface area contributed by atoms with Crippen LogP contribution in [0.3, 0.4) is 0 Å². The Morgan fingerprint density at radius 2 is 1.77 bits per heavy atom. The summed E-state index contributed by atoms with van der Waals surface area (Å²) >= 11 is 12.3. The van der Waals surface area contributed by atoms with Gasteiger partial charge < -0.3 is 10.2 Å². The highest BCUT2D eigenvalue weighted by molar-refractivity contribution is 6.35. The Kier molecular flexibility index (Phi) is 7.40. The number of likely N-dealkylation sites (tertiary alicyclic amines) is 1. The minimum atomic E-state index is -4.91. The molecule has 208 valence electrons. The molecule has 8 nitrogen and oxygen atoms in total. The van der Waals surface area contributed by atoms with Gasteiger partial charge in [-0.15, -0.1) is 0 Å². The largest absolute Gasteiger partial charge is 0.436 e. The first-order valence-corrected chi connectivity index (χ1v) is 12.7. The highest BCUT2D eigenvalue weighted by Gasteiger charge is 2.42. The predicted octanol–water partition coefficient (Wildman–Crippen LogP) is 5.26. The van der Waals surface area contributed by atoms with Crippen molar-refractivity contribution in [2.24, 2.45) is 7.05 Å². The number of nitrogens with one attached hydrogen (secondary N) is 1. The van der Waals surface area contributed by atoms with Gasteiger partial charge in [0.1, 0.15) is 22.1 Å². The van der Waals surface area contributed by atoms with Crippen molar-refractivity contribution < 1.29 is 27.2 Å². The van der Waals surface area contributed by atoms with E-state index >= 15 is 0 Å². The number of alkyl halides is 3. The standard InChI is InChI=1S/C26H20Cl2F4N6O2/c1-37-23(28)20(22(36-37)26(30,31)32)24(39)35-18-6-9-38(12-16(18)13-2-4-15(29)5-3-13)25(40)14-10-17(27)21-19(11-14)33-7-8-34-21/h2-5,7-8,10-11,16,18H,6,9,12H2,1H3,(H,35,39)/t16-,18-/m1/s1. The molecule has 5 rings (SSSR count). The van der Waals surface area contributed by atoms with Gasteiger partial charge in [0.15, 0.2) is 5.69 Å². The lowest BCUT2D eigenvalue weighted by Gasteiger charge is -2.39. The molecule has 1 N–H and O–H groups in total. The quantitative estimate of drug-likeness (QED) is 0.325. The molecular formula is C26H20Cl2F4N6O2. The fraction of sp³-hybridized carbons (Fsp3) is 0.269. The molecule has 1 aliphatic heterocycles. The van der Waals surface area contributed by atoms with Crippen molar-refractivity contribution in [1.82, 2.24) is 30.0 Å². The van der Waals surface area contributed by atoms with Crippen LogP contribution in [0.2, 0.25) is 10.2 Å². The number of aryl methyl sites for hydroxylation is 1. The Morgan fingerprint density at radius 3 is 2.48 bits per heavy atom. The number of carbonyl (C=O) groups excluding carboxylic acids is 2. The summed E-state index contributed by atoms with van der Waals surface area (Å²) in [6.45, 7) is 0.253. The number of nitrogens with zero attached hydrogens (tertiary/aromatic N) is 5. The number of aromatic nitrogens is 4. The maximum atomic E-state index is 13.7. The van der Waals surface area contributed by atoms with Gasteiger partial charge in [-0.1, -0.05) is 35.3 Å². The van der Waals surface area contributed by atoms with Crippen molar-refractivity contribution in [3.63, 3.8) is 0 Å². The predicted molar refractivity (Wildman–Crippen MR) is 139 cm³/mol. The number of piperidine rings is 1. The number of hydrogen-bond acceptors (Lipinski definition) is 5. The molecule has 40 heavy (non-hydrogen) atoms. The maximum Gasteiger partial charge on any atom is 0.436 e. The van der Waals surface area contributed by atoms with Gasteiger partial charge in [-0.2, -0.15) is 18.3 Å². The zero-order valence-electron chi connectivity index (χ0n) is 20.7. The molecule has 0 spiro atoms. The van der Waals surface area contributed by atoms with Crippen LogP contribution < -0.4 is 5.32 Å². The Morgan fingerprint density at radius 1 is 1.07 bits per heavy atom. The van der Waals surface area contributed by atoms with Crippen molar-refractivity contribution in [1.29, 1.82) is 0 Å². The van der Waals surface area contributed by atoms with Crippen LogP contribution in [0.25, 0.3) is 11.0 Å². The molecule has 0 unspecified atom stereocenters. The van der Waals surface area contributed by atoms with E-state index in [1.165, 1.54) is 49.8 Å². The Bertz CT molecular complexity index is 1610. The first-order chi connectivity index (χ1) is 18.9. The van der Waals surface area contributed by atoms with E-state index in [1.807, 2.05) is 0 Å². The van der Waals surface area contributed by atoms with Crippen LogP contribution in [-0.2, 0) is 13.2 Å². The second kappa shape index (κ2) is 10.7. The van der Waals surface area contributed by atoms with Crippen molar-refractivity contribution in [2.45, 2.75) is 24.6 Å². The minimum Gasteiger partial charge on any atom is -0.348 e. The summed E-state index contributed by atoms with van der Waals surface area (Å²) in [6.07, 6.45) is -1.75. The van der Waals surface area contributed by atoms with Gasteiger partial charge >= 0.3 is 6.18 Å². The summed E-state index contributed by atoms with van der Waals surface area (Å²) < 4.78 is 55.2. The molecule has 0 aliphatic carbocycles. The zero-order chi connectivity index (χ0) is 28.8. The van der Waals surface area contributed by atoms with Crippen molar-refractivity contribution in [3.05, 3.63) is 87.2 Å². The van der Waals surface area contributed by atoms with Crippen molar-refractivity contribution in [2.75, 3.05) is 13.1 Å². The number of carbonyl (C=O) groups is 2. The van der Waals surface area contributed by atoms with Crippen molar-refractivity contribution in [3.8, 4) is 0 Å². The number of hydrogen-bond donors (Lipinski definition) is 1. The lowest BCUT2D eigenvalue weighted by Crippen LogP contribution is -2.51. The summed E-state index contributed by atoms with van der Waals surface area (Å²) in [6, 6.07) is 7.84. The minimum absolute atomic E-state index is 0.0818. The van der Waals surface area contributed by atoms with E-state index in [4.69, 9.17) is 23.2 Å². The van der Waals surface area contributed by atoms with Crippen LogP contribution in [0.5, 0.6) is 0 Å². The van der Waals surface area contributed by atoms with Gasteiger partial charge in [-0.3, -0.25) is 24.2 Å². The molecule has 4 aromatic rings. The second-order valence-corrected chi connectivity index (χ2v) is 10.1. The van der Waals surface area contributed by atoms with E-state index in [2.05, 4.69) is 20.4 Å². The molecule has 2 amide bonds. The highest BCUT2D eigenvalue weighted by atomic mass is 35.5. The van der Waals surface area contributed by atoms with Crippen LogP contribution in [0.1, 0.15) is 44.3 Å². The molecule has 0 saturated carbocycles. The van der Waals surface area contributed by atoms with E-state index < -0.39 is 46.3 Å². The fourth-order valence-electron chi connectivity index (χ4n) is 4.84. The van der Waals surface area contributed by atoms with Gasteiger partial charge in [0.25, 0.3) is 11.8 Å². The van der Waals surface area contributed by atoms with Gasteiger partial charge in [-0.25, -0.2) is 4.39 Å². The smallest absolute Gasteiger partial charge is 0.348 e. The molecule has 2 atom stereocenters. The molecule has 2 aromatic carbocycles. The molecule has 14 heteroatoms. The molecular weight excluding hydrogens is 575 g/mol. The average molecular weight is 595 g/mol. The van der Waals surface area contributed by atoms with Crippen molar-refractivity contribution >= 4 is 46.0 Å². The summed E-state index contributed by atoms with van der Waals surface area (Å²) in [5, 5.41) is 5.80. The van der Waals surface area contributed by atoms with Crippen LogP contribution in [0.4, 0.5) is 17.6 Å². The number of benzene rings is 2. The number of halogens is 6. The molecule has 1 saturated heterocycles. The normalized spacial score (nSPS) is 17.7. The molecule has 2 aromatic heterocycles. The topological polar surface area (TPSA) is 93.0 Å². The molecule has 0 radical (unpaired) electrons. The summed E-state index contributed by atoms with van der Waals surface area (Å²) in [4.78, 5) is 36.5. The Balaban J connectivity index is 1.44. The number of fused-ring (bicyclic) bond motifs is 1. The van der Waals surface area contributed by atoms with E-state index in [0.717, 1.165) is 4.68 Å². The third-order valence-corrected chi connectivity index (χ3v) is 7.48. The third kappa shape index (κ3) is 5.33. The van der Waals surface area contributed by atoms with Crippen LogP contribution >= 0.6 is 23.2 Å². The van der Waals surface area contributed by atoms with Crippen LogP contribution in [0.15, 0.2) is 48.8 Å². The number of rotatable bonds is 4. The van der Waals surface area contributed by atoms with E-state index in [1.54, 1.807) is 11.0 Å². The first kappa shape index (κ1) is 27.8. The summed E-state index contributed by atoms with van der Waals surface area (Å²) in [5.41, 5.74) is -0.460. The average Bonchev–Trinajstić information content (AvgIpc) is 3.23. The van der Waals surface area contributed by atoms with E-state index in [9.17, 15) is 27.2 Å². The van der Waals surface area contributed by atoms with Crippen LogP contribution in [0, 0.1) is 5.82 Å². The molecule has 0 bridgehead atoms. The lowest BCUT2D eigenvalue weighted by atomic mass is 9.85. The van der Waals surface area contributed by atoms with E-state index in [0.29, 0.717) is 16.6 Å².